The second-order valence-electron chi connectivity index (χ2n) is 3.27. The van der Waals surface area contributed by atoms with Crippen molar-refractivity contribution in [2.75, 3.05) is 0 Å². The van der Waals surface area contributed by atoms with Crippen LogP contribution < -0.4 is 0 Å². The molecule has 3 aromatic rings. The van der Waals surface area contributed by atoms with Gasteiger partial charge in [-0.25, -0.2) is 9.31 Å². The lowest BCUT2D eigenvalue weighted by molar-refractivity contribution is -0.383. The van der Waals surface area contributed by atoms with Crippen LogP contribution in [-0.2, 0) is 0 Å². The van der Waals surface area contributed by atoms with Crippen LogP contribution in [0.2, 0.25) is 0 Å². The van der Waals surface area contributed by atoms with Gasteiger partial charge in [-0.3, -0.25) is 10.1 Å². The maximum absolute atomic E-state index is 10.8. The number of rotatable bonds is 2. The summed E-state index contributed by atoms with van der Waals surface area (Å²) in [6.07, 6.45) is 3.30. The van der Waals surface area contributed by atoms with E-state index in [9.17, 15) is 10.1 Å². The number of aromatic nitrogens is 4. The molecule has 2 aromatic heterocycles. The highest BCUT2D eigenvalue weighted by atomic mass is 16.6. The lowest BCUT2D eigenvalue weighted by Gasteiger charge is -2.00. The lowest BCUT2D eigenvalue weighted by Crippen LogP contribution is -1.97. The Hall–Kier alpha value is -2.77. The van der Waals surface area contributed by atoms with E-state index in [1.807, 2.05) is 0 Å². The molecule has 3 rings (SSSR count). The molecule has 8 nitrogen and oxygen atoms in total. The molecule has 0 saturated heterocycles. The average Bonchev–Trinajstić information content (AvgIpc) is 2.98. The monoisotopic (exact) mass is 231 g/mol. The predicted molar refractivity (Wildman–Crippen MR) is 55.6 cm³/mol. The highest BCUT2D eigenvalue weighted by Gasteiger charge is 2.20. The van der Waals surface area contributed by atoms with Crippen molar-refractivity contribution in [1.82, 2.24) is 20.1 Å². The summed E-state index contributed by atoms with van der Waals surface area (Å²) >= 11 is 0. The minimum atomic E-state index is -0.528. The quantitative estimate of drug-likeness (QED) is 0.487. The Kier molecular flexibility index (Phi) is 1.87. The summed E-state index contributed by atoms with van der Waals surface area (Å²) in [7, 11) is 0. The molecule has 0 spiro atoms. The zero-order chi connectivity index (χ0) is 11.8. The Balaban J connectivity index is 2.33. The summed E-state index contributed by atoms with van der Waals surface area (Å²) in [5, 5.41) is 22.0. The topological polar surface area (TPSA) is 99.9 Å². The first kappa shape index (κ1) is 9.46. The molecule has 0 bridgehead atoms. The molecule has 0 radical (unpaired) electrons. The number of non-ortho nitro benzene ring substituents is 1. The lowest BCUT2D eigenvalue weighted by atomic mass is 10.2. The first-order valence-electron chi connectivity index (χ1n) is 4.67. The number of nitro groups is 1. The number of hydrogen-bond donors (Lipinski definition) is 0. The minimum absolute atomic E-state index is 0.114. The number of benzene rings is 1. The number of hydrogen-bond acceptors (Lipinski definition) is 6. The third-order valence-corrected chi connectivity index (χ3v) is 2.32. The molecule has 0 N–H and O–H groups in total. The fourth-order valence-electron chi connectivity index (χ4n) is 1.58. The number of nitrogens with zero attached hydrogens (tertiary/aromatic N) is 5. The fraction of sp³-hybridized carbons (Fsp3) is 0. The third-order valence-electron chi connectivity index (χ3n) is 2.32. The minimum Gasteiger partial charge on any atom is -0.258 e. The molecule has 1 aromatic carbocycles. The first-order chi connectivity index (χ1) is 8.27. The van der Waals surface area contributed by atoms with Crippen molar-refractivity contribution in [3.63, 3.8) is 0 Å². The van der Waals surface area contributed by atoms with Crippen LogP contribution in [0.5, 0.6) is 0 Å². The average molecular weight is 231 g/mol. The number of fused-ring (bicyclic) bond motifs is 1. The molecule has 8 heteroatoms. The van der Waals surface area contributed by atoms with Gasteiger partial charge in [0.1, 0.15) is 0 Å². The molecule has 0 aliphatic carbocycles. The third kappa shape index (κ3) is 1.34. The van der Waals surface area contributed by atoms with E-state index >= 15 is 0 Å². The molecule has 84 valence electrons. The predicted octanol–water partition coefficient (Wildman–Crippen LogP) is 1.32. The van der Waals surface area contributed by atoms with Crippen LogP contribution in [0, 0.1) is 10.1 Å². The van der Waals surface area contributed by atoms with Crippen LogP contribution in [0.15, 0.2) is 35.2 Å². The summed E-state index contributed by atoms with van der Waals surface area (Å²) in [6.45, 7) is 0. The van der Waals surface area contributed by atoms with Crippen molar-refractivity contribution in [3.05, 3.63) is 40.7 Å². The van der Waals surface area contributed by atoms with Crippen molar-refractivity contribution >= 4 is 16.7 Å². The Morgan fingerprint density at radius 3 is 2.82 bits per heavy atom. The second-order valence-corrected chi connectivity index (χ2v) is 3.27. The van der Waals surface area contributed by atoms with Crippen LogP contribution in [0.4, 0.5) is 5.69 Å². The van der Waals surface area contributed by atoms with Gasteiger partial charge in [-0.1, -0.05) is 0 Å². The molecule has 0 fully saturated rings. The fourth-order valence-corrected chi connectivity index (χ4v) is 1.58. The van der Waals surface area contributed by atoms with Gasteiger partial charge in [0.2, 0.25) is 5.52 Å². The van der Waals surface area contributed by atoms with E-state index in [-0.39, 0.29) is 11.2 Å². The van der Waals surface area contributed by atoms with Gasteiger partial charge in [0.25, 0.3) is 0 Å². The second kappa shape index (κ2) is 3.37. The van der Waals surface area contributed by atoms with E-state index in [0.29, 0.717) is 11.2 Å². The summed E-state index contributed by atoms with van der Waals surface area (Å²) in [5.41, 5.74) is 0.861. The van der Waals surface area contributed by atoms with Crippen LogP contribution in [0.3, 0.4) is 0 Å². The highest BCUT2D eigenvalue weighted by molar-refractivity contribution is 5.89. The summed E-state index contributed by atoms with van der Waals surface area (Å²) in [6, 6.07) is 4.64. The molecule has 0 aliphatic rings. The van der Waals surface area contributed by atoms with Crippen LogP contribution in [0.1, 0.15) is 0 Å². The van der Waals surface area contributed by atoms with E-state index in [4.69, 9.17) is 0 Å². The van der Waals surface area contributed by atoms with Gasteiger partial charge in [-0.05, 0) is 22.4 Å². The molecule has 0 saturated carbocycles. The van der Waals surface area contributed by atoms with E-state index in [2.05, 4.69) is 20.0 Å². The van der Waals surface area contributed by atoms with Crippen molar-refractivity contribution in [1.29, 1.82) is 0 Å². The van der Waals surface area contributed by atoms with Crippen LogP contribution >= 0.6 is 0 Å². The van der Waals surface area contributed by atoms with Gasteiger partial charge in [0, 0.05) is 18.5 Å². The zero-order valence-electron chi connectivity index (χ0n) is 8.35. The standard InChI is InChI=1S/C9H5N5O3/c15-14(16)7-3-2-6(13-5-1-4-10-13)8-9(7)12-17-11-8/h1-5H. The molecule has 2 heterocycles. The number of nitro benzene ring substituents is 1. The van der Waals surface area contributed by atoms with Gasteiger partial charge in [-0.2, -0.15) is 5.10 Å². The van der Waals surface area contributed by atoms with Crippen LogP contribution in [0.25, 0.3) is 16.7 Å². The Bertz CT molecular complexity index is 688. The van der Waals surface area contributed by atoms with Gasteiger partial charge in [0.05, 0.1) is 10.6 Å². The summed E-state index contributed by atoms with van der Waals surface area (Å²) in [4.78, 5) is 10.3. The molecular weight excluding hydrogens is 226 g/mol. The van der Waals surface area contributed by atoms with E-state index in [0.717, 1.165) is 0 Å². The Morgan fingerprint density at radius 2 is 2.12 bits per heavy atom. The Labute approximate surface area is 93.6 Å². The Morgan fingerprint density at radius 1 is 1.29 bits per heavy atom. The molecule has 0 unspecified atom stereocenters. The van der Waals surface area contributed by atoms with E-state index in [1.54, 1.807) is 24.5 Å². The maximum atomic E-state index is 10.8. The van der Waals surface area contributed by atoms with Crippen LogP contribution in [-0.4, -0.2) is 25.0 Å². The van der Waals surface area contributed by atoms with Gasteiger partial charge in [0.15, 0.2) is 5.52 Å². The van der Waals surface area contributed by atoms with Crippen molar-refractivity contribution in [2.45, 2.75) is 0 Å². The van der Waals surface area contributed by atoms with E-state index < -0.39 is 4.92 Å². The SMILES string of the molecule is O=[N+]([O-])c1ccc(-n2cccn2)c2nonc12. The largest absolute Gasteiger partial charge is 0.300 e. The van der Waals surface area contributed by atoms with Crippen molar-refractivity contribution in [2.24, 2.45) is 0 Å². The molecule has 17 heavy (non-hydrogen) atoms. The maximum Gasteiger partial charge on any atom is 0.300 e. The molecule has 0 amide bonds. The smallest absolute Gasteiger partial charge is 0.258 e. The molecule has 0 aliphatic heterocycles. The highest BCUT2D eigenvalue weighted by Crippen LogP contribution is 2.27. The van der Waals surface area contributed by atoms with Crippen molar-refractivity contribution < 1.29 is 9.55 Å². The van der Waals surface area contributed by atoms with Gasteiger partial charge < -0.3 is 0 Å². The zero-order valence-corrected chi connectivity index (χ0v) is 8.35. The summed E-state index contributed by atoms with van der Waals surface area (Å²) < 4.78 is 6.09. The first-order valence-corrected chi connectivity index (χ1v) is 4.67. The molecular formula is C9H5N5O3. The van der Waals surface area contributed by atoms with Crippen molar-refractivity contribution in [3.8, 4) is 5.69 Å². The van der Waals surface area contributed by atoms with Gasteiger partial charge in [-0.15, -0.1) is 0 Å². The normalized spacial score (nSPS) is 10.8. The van der Waals surface area contributed by atoms with E-state index in [1.165, 1.54) is 10.7 Å². The molecule has 0 atom stereocenters. The van der Waals surface area contributed by atoms with Gasteiger partial charge >= 0.3 is 5.69 Å². The summed E-state index contributed by atoms with van der Waals surface area (Å²) in [5.74, 6) is 0.